The number of nitrogens with zero attached hydrogens (tertiary/aromatic N) is 1. The number of carbonyl (C=O) groups excluding carboxylic acids is 1. The molecule has 128 valence electrons. The highest BCUT2D eigenvalue weighted by atomic mass is 19.1. The molecular weight excluding hydrogens is 319 g/mol. The fourth-order valence-electron chi connectivity index (χ4n) is 2.40. The molecule has 25 heavy (non-hydrogen) atoms. The van der Waals surface area contributed by atoms with Gasteiger partial charge in [-0.1, -0.05) is 38.1 Å². The van der Waals surface area contributed by atoms with E-state index in [9.17, 15) is 9.18 Å². The molecule has 1 aromatic heterocycles. The lowest BCUT2D eigenvalue weighted by molar-refractivity contribution is 0.102. The highest BCUT2D eigenvalue weighted by Crippen LogP contribution is 2.24. The minimum Gasteiger partial charge on any atom is -0.338 e. The monoisotopic (exact) mass is 338 g/mol. The van der Waals surface area contributed by atoms with Crippen LogP contribution in [0.5, 0.6) is 0 Å². The Balaban J connectivity index is 1.72. The van der Waals surface area contributed by atoms with Crippen molar-refractivity contribution in [2.45, 2.75) is 26.2 Å². The summed E-state index contributed by atoms with van der Waals surface area (Å²) in [6.07, 6.45) is 0. The molecule has 0 aliphatic heterocycles. The van der Waals surface area contributed by atoms with E-state index in [1.54, 1.807) is 30.3 Å². The molecule has 0 bridgehead atoms. The minimum atomic E-state index is -0.320. The summed E-state index contributed by atoms with van der Waals surface area (Å²) in [5.41, 5.74) is 2.96. The van der Waals surface area contributed by atoms with E-state index in [0.29, 0.717) is 16.8 Å². The molecule has 0 spiro atoms. The van der Waals surface area contributed by atoms with Crippen molar-refractivity contribution >= 4 is 11.8 Å². The first-order chi connectivity index (χ1) is 11.8. The predicted octanol–water partition coefficient (Wildman–Crippen LogP) is 5.03. The van der Waals surface area contributed by atoms with E-state index < -0.39 is 0 Å². The zero-order valence-electron chi connectivity index (χ0n) is 14.3. The molecule has 0 radical (unpaired) electrons. The number of aromatic nitrogens is 1. The Kier molecular flexibility index (Phi) is 4.40. The SMILES string of the molecule is CC(C)(C)c1ccc(C(=O)Nc2cc(-c3ccc(F)cc3)no2)cc1. The van der Waals surface area contributed by atoms with Crippen molar-refractivity contribution in [1.82, 2.24) is 5.16 Å². The maximum absolute atomic E-state index is 13.0. The predicted molar refractivity (Wildman–Crippen MR) is 95.0 cm³/mol. The molecule has 1 amide bonds. The van der Waals surface area contributed by atoms with Crippen LogP contribution in [-0.4, -0.2) is 11.1 Å². The van der Waals surface area contributed by atoms with E-state index >= 15 is 0 Å². The van der Waals surface area contributed by atoms with Gasteiger partial charge in [-0.25, -0.2) is 4.39 Å². The molecule has 2 aromatic carbocycles. The Labute approximate surface area is 145 Å². The van der Waals surface area contributed by atoms with Gasteiger partial charge in [-0.3, -0.25) is 10.1 Å². The van der Waals surface area contributed by atoms with Crippen LogP contribution in [0, 0.1) is 5.82 Å². The van der Waals surface area contributed by atoms with Gasteiger partial charge in [-0.2, -0.15) is 0 Å². The standard InChI is InChI=1S/C20H19FN2O2/c1-20(2,3)15-8-4-14(5-9-15)19(24)22-18-12-17(23-25-18)13-6-10-16(21)11-7-13/h4-12H,1-3H3,(H,22,24). The molecule has 1 N–H and O–H groups in total. The van der Waals surface area contributed by atoms with Gasteiger partial charge in [-0.15, -0.1) is 0 Å². The molecule has 0 aliphatic rings. The van der Waals surface area contributed by atoms with Crippen LogP contribution in [-0.2, 0) is 5.41 Å². The first-order valence-electron chi connectivity index (χ1n) is 7.97. The molecule has 0 atom stereocenters. The van der Waals surface area contributed by atoms with Gasteiger partial charge >= 0.3 is 0 Å². The number of hydrogen-bond donors (Lipinski definition) is 1. The molecule has 0 saturated heterocycles. The molecule has 0 aliphatic carbocycles. The van der Waals surface area contributed by atoms with Crippen molar-refractivity contribution in [3.8, 4) is 11.3 Å². The summed E-state index contributed by atoms with van der Waals surface area (Å²) in [6, 6.07) is 15.0. The van der Waals surface area contributed by atoms with Gasteiger partial charge < -0.3 is 4.52 Å². The highest BCUT2D eigenvalue weighted by Gasteiger charge is 2.15. The molecule has 3 rings (SSSR count). The molecular formula is C20H19FN2O2. The Morgan fingerprint density at radius 2 is 1.68 bits per heavy atom. The maximum Gasteiger partial charge on any atom is 0.258 e. The summed E-state index contributed by atoms with van der Waals surface area (Å²) in [5.74, 6) is -0.356. The van der Waals surface area contributed by atoms with Crippen LogP contribution >= 0.6 is 0 Å². The van der Waals surface area contributed by atoms with Crippen molar-refractivity contribution in [1.29, 1.82) is 0 Å². The van der Waals surface area contributed by atoms with Crippen LogP contribution in [0.1, 0.15) is 36.7 Å². The van der Waals surface area contributed by atoms with E-state index in [2.05, 4.69) is 31.2 Å². The fraction of sp³-hybridized carbons (Fsp3) is 0.200. The van der Waals surface area contributed by atoms with Gasteiger partial charge in [0.05, 0.1) is 0 Å². The quantitative estimate of drug-likeness (QED) is 0.728. The minimum absolute atomic E-state index is 0.0317. The normalized spacial score (nSPS) is 11.4. The molecule has 0 saturated carbocycles. The number of anilines is 1. The number of halogens is 1. The third-order valence-corrected chi connectivity index (χ3v) is 3.90. The Hall–Kier alpha value is -2.95. The second-order valence-corrected chi connectivity index (χ2v) is 6.86. The number of rotatable bonds is 3. The number of nitrogens with one attached hydrogen (secondary N) is 1. The first kappa shape index (κ1) is 16.9. The first-order valence-corrected chi connectivity index (χ1v) is 7.97. The van der Waals surface area contributed by atoms with Crippen LogP contribution in [0.2, 0.25) is 0 Å². The van der Waals surface area contributed by atoms with E-state index in [4.69, 9.17) is 4.52 Å². The molecule has 3 aromatic rings. The van der Waals surface area contributed by atoms with Gasteiger partial charge in [0.2, 0.25) is 5.88 Å². The van der Waals surface area contributed by atoms with Gasteiger partial charge in [0.25, 0.3) is 5.91 Å². The van der Waals surface area contributed by atoms with Crippen LogP contribution < -0.4 is 5.32 Å². The number of hydrogen-bond acceptors (Lipinski definition) is 3. The van der Waals surface area contributed by atoms with Crippen LogP contribution in [0.4, 0.5) is 10.3 Å². The topological polar surface area (TPSA) is 55.1 Å². The smallest absolute Gasteiger partial charge is 0.258 e. The van der Waals surface area contributed by atoms with Gasteiger partial charge in [-0.05, 0) is 47.4 Å². The highest BCUT2D eigenvalue weighted by molar-refractivity contribution is 6.03. The average Bonchev–Trinajstić information content (AvgIpc) is 3.03. The van der Waals surface area contributed by atoms with E-state index in [1.807, 2.05) is 12.1 Å². The number of carbonyl (C=O) groups is 1. The summed E-state index contributed by atoms with van der Waals surface area (Å²) < 4.78 is 18.1. The lowest BCUT2D eigenvalue weighted by Gasteiger charge is -2.18. The summed E-state index contributed by atoms with van der Waals surface area (Å²) in [4.78, 5) is 12.3. The molecule has 4 nitrogen and oxygen atoms in total. The Morgan fingerprint density at radius 3 is 2.28 bits per heavy atom. The third-order valence-electron chi connectivity index (χ3n) is 3.90. The van der Waals surface area contributed by atoms with E-state index in [0.717, 1.165) is 5.56 Å². The zero-order chi connectivity index (χ0) is 18.0. The summed E-state index contributed by atoms with van der Waals surface area (Å²) in [5, 5.41) is 6.57. The van der Waals surface area contributed by atoms with Crippen LogP contribution in [0.3, 0.4) is 0 Å². The van der Waals surface area contributed by atoms with E-state index in [-0.39, 0.29) is 23.0 Å². The Morgan fingerprint density at radius 1 is 1.04 bits per heavy atom. The summed E-state index contributed by atoms with van der Waals surface area (Å²) in [7, 11) is 0. The molecule has 0 unspecified atom stereocenters. The summed E-state index contributed by atoms with van der Waals surface area (Å²) in [6.45, 7) is 6.36. The molecule has 0 fully saturated rings. The molecule has 5 heteroatoms. The van der Waals surface area contributed by atoms with Crippen LogP contribution in [0.25, 0.3) is 11.3 Å². The van der Waals surface area contributed by atoms with Crippen molar-refractivity contribution in [2.75, 3.05) is 5.32 Å². The third kappa shape index (κ3) is 3.94. The van der Waals surface area contributed by atoms with Crippen molar-refractivity contribution < 1.29 is 13.7 Å². The maximum atomic E-state index is 13.0. The van der Waals surface area contributed by atoms with Crippen molar-refractivity contribution in [3.63, 3.8) is 0 Å². The number of benzene rings is 2. The lowest BCUT2D eigenvalue weighted by atomic mass is 9.87. The average molecular weight is 338 g/mol. The lowest BCUT2D eigenvalue weighted by Crippen LogP contribution is -2.14. The second-order valence-electron chi connectivity index (χ2n) is 6.86. The van der Waals surface area contributed by atoms with Gasteiger partial charge in [0.1, 0.15) is 11.5 Å². The number of amides is 1. The van der Waals surface area contributed by atoms with E-state index in [1.165, 1.54) is 12.1 Å². The van der Waals surface area contributed by atoms with Crippen molar-refractivity contribution in [3.05, 3.63) is 71.5 Å². The van der Waals surface area contributed by atoms with Crippen LogP contribution in [0.15, 0.2) is 59.1 Å². The fourth-order valence-corrected chi connectivity index (χ4v) is 2.40. The summed E-state index contributed by atoms with van der Waals surface area (Å²) >= 11 is 0. The van der Waals surface area contributed by atoms with Gasteiger partial charge in [0.15, 0.2) is 0 Å². The van der Waals surface area contributed by atoms with Crippen molar-refractivity contribution in [2.24, 2.45) is 0 Å². The molecule has 1 heterocycles. The Bertz CT molecular complexity index is 875. The zero-order valence-corrected chi connectivity index (χ0v) is 14.3. The second kappa shape index (κ2) is 6.51. The van der Waals surface area contributed by atoms with Gasteiger partial charge in [0, 0.05) is 17.2 Å². The largest absolute Gasteiger partial charge is 0.338 e.